The van der Waals surface area contributed by atoms with Gasteiger partial charge in [0.25, 0.3) is 0 Å². The summed E-state index contributed by atoms with van der Waals surface area (Å²) in [6.45, 7) is 0. The molecular weight excluding hydrogens is 398 g/mol. The fraction of sp³-hybridized carbons (Fsp3) is 0.263. The van der Waals surface area contributed by atoms with Crippen LogP contribution in [-0.4, -0.2) is 0 Å². The van der Waals surface area contributed by atoms with Crippen LogP contribution in [0.4, 0.5) is 23.2 Å². The van der Waals surface area contributed by atoms with Crippen molar-refractivity contribution < 1.29 is 17.6 Å². The van der Waals surface area contributed by atoms with E-state index in [1.54, 1.807) is 6.07 Å². The van der Waals surface area contributed by atoms with E-state index >= 15 is 0 Å². The van der Waals surface area contributed by atoms with Gasteiger partial charge in [0.2, 0.25) is 0 Å². The summed E-state index contributed by atoms with van der Waals surface area (Å²) >= 11 is 3.30. The second kappa shape index (κ2) is 5.87. The number of allylic oxidation sites excluding steroid dienone is 2. The van der Waals surface area contributed by atoms with Crippen LogP contribution in [0.5, 0.6) is 0 Å². The van der Waals surface area contributed by atoms with Crippen molar-refractivity contribution in [2.75, 3.05) is 5.32 Å². The molecule has 0 aromatic heterocycles. The van der Waals surface area contributed by atoms with Crippen molar-refractivity contribution >= 4 is 21.6 Å². The Morgan fingerprint density at radius 3 is 2.60 bits per heavy atom. The van der Waals surface area contributed by atoms with Gasteiger partial charge in [-0.05, 0) is 41.7 Å². The Hall–Kier alpha value is -1.82. The van der Waals surface area contributed by atoms with Crippen LogP contribution in [0.2, 0.25) is 0 Å². The van der Waals surface area contributed by atoms with Crippen LogP contribution < -0.4 is 5.32 Å². The SMILES string of the molecule is Fc1cc(Br)cc2c1NC(c1ccccc1C(F)(F)F)C1CC=CC21. The summed E-state index contributed by atoms with van der Waals surface area (Å²) in [5.74, 6) is -0.642. The number of benzene rings is 2. The van der Waals surface area contributed by atoms with Crippen LogP contribution >= 0.6 is 15.9 Å². The average molecular weight is 412 g/mol. The van der Waals surface area contributed by atoms with E-state index in [1.165, 1.54) is 18.2 Å². The summed E-state index contributed by atoms with van der Waals surface area (Å²) in [4.78, 5) is 0. The maximum Gasteiger partial charge on any atom is 0.416 e. The fourth-order valence-corrected chi connectivity index (χ4v) is 4.40. The second-order valence-corrected chi connectivity index (χ2v) is 7.33. The van der Waals surface area contributed by atoms with E-state index < -0.39 is 23.6 Å². The molecule has 6 heteroatoms. The normalized spacial score (nSPS) is 24.6. The minimum absolute atomic E-state index is 0.0790. The largest absolute Gasteiger partial charge is 0.416 e. The Labute approximate surface area is 150 Å². The van der Waals surface area contributed by atoms with Gasteiger partial charge < -0.3 is 5.32 Å². The molecule has 130 valence electrons. The molecule has 0 amide bonds. The van der Waals surface area contributed by atoms with Crippen LogP contribution in [0.1, 0.15) is 35.1 Å². The predicted molar refractivity (Wildman–Crippen MR) is 91.9 cm³/mol. The van der Waals surface area contributed by atoms with Gasteiger partial charge in [-0.1, -0.05) is 46.3 Å². The lowest BCUT2D eigenvalue weighted by atomic mass is 9.76. The van der Waals surface area contributed by atoms with E-state index in [0.29, 0.717) is 10.9 Å². The van der Waals surface area contributed by atoms with Gasteiger partial charge in [0.15, 0.2) is 0 Å². The number of fused-ring (bicyclic) bond motifs is 3. The molecule has 1 nitrogen and oxygen atoms in total. The molecule has 3 unspecified atom stereocenters. The predicted octanol–water partition coefficient (Wildman–Crippen LogP) is 6.43. The van der Waals surface area contributed by atoms with Crippen molar-refractivity contribution in [2.45, 2.75) is 24.6 Å². The van der Waals surface area contributed by atoms with Gasteiger partial charge in [-0.3, -0.25) is 0 Å². The fourth-order valence-electron chi connectivity index (χ4n) is 3.96. The molecule has 0 saturated heterocycles. The van der Waals surface area contributed by atoms with Gasteiger partial charge in [-0.15, -0.1) is 0 Å². The highest BCUT2D eigenvalue weighted by molar-refractivity contribution is 9.10. The van der Waals surface area contributed by atoms with Gasteiger partial charge in [-0.2, -0.15) is 13.2 Å². The molecule has 1 aliphatic heterocycles. The third kappa shape index (κ3) is 2.76. The Bertz CT molecular complexity index is 859. The molecule has 25 heavy (non-hydrogen) atoms. The number of hydrogen-bond donors (Lipinski definition) is 1. The monoisotopic (exact) mass is 411 g/mol. The summed E-state index contributed by atoms with van der Waals surface area (Å²) in [6.07, 6.45) is 0.147. The van der Waals surface area contributed by atoms with Crippen LogP contribution in [-0.2, 0) is 6.18 Å². The summed E-state index contributed by atoms with van der Waals surface area (Å²) in [5.41, 5.74) is 0.574. The van der Waals surface area contributed by atoms with Crippen molar-refractivity contribution in [1.29, 1.82) is 0 Å². The number of nitrogens with one attached hydrogen (secondary N) is 1. The minimum atomic E-state index is -4.45. The molecule has 0 saturated carbocycles. The number of hydrogen-bond acceptors (Lipinski definition) is 1. The van der Waals surface area contributed by atoms with Gasteiger partial charge >= 0.3 is 6.18 Å². The summed E-state index contributed by atoms with van der Waals surface area (Å²) in [5, 5.41) is 3.06. The number of halogens is 5. The van der Waals surface area contributed by atoms with Gasteiger partial charge in [0.1, 0.15) is 5.82 Å². The first-order valence-electron chi connectivity index (χ1n) is 7.94. The quantitative estimate of drug-likeness (QED) is 0.420. The van der Waals surface area contributed by atoms with E-state index in [2.05, 4.69) is 21.2 Å². The molecule has 0 radical (unpaired) electrons. The van der Waals surface area contributed by atoms with Gasteiger partial charge in [0, 0.05) is 10.4 Å². The highest BCUT2D eigenvalue weighted by Crippen LogP contribution is 2.52. The third-order valence-corrected chi connectivity index (χ3v) is 5.44. The number of alkyl halides is 3. The lowest BCUT2D eigenvalue weighted by Gasteiger charge is -2.38. The van der Waals surface area contributed by atoms with Crippen LogP contribution in [0.3, 0.4) is 0 Å². The van der Waals surface area contributed by atoms with E-state index in [0.717, 1.165) is 11.6 Å². The number of anilines is 1. The zero-order valence-corrected chi connectivity index (χ0v) is 14.5. The molecule has 4 rings (SSSR count). The first kappa shape index (κ1) is 16.6. The Balaban J connectivity index is 1.86. The smallest absolute Gasteiger partial charge is 0.375 e. The molecule has 2 aromatic carbocycles. The first-order chi connectivity index (χ1) is 11.9. The summed E-state index contributed by atoms with van der Waals surface area (Å²) < 4.78 is 55.5. The van der Waals surface area contributed by atoms with Crippen molar-refractivity contribution in [3.8, 4) is 0 Å². The van der Waals surface area contributed by atoms with Crippen molar-refractivity contribution in [1.82, 2.24) is 0 Å². The van der Waals surface area contributed by atoms with E-state index in [-0.39, 0.29) is 23.1 Å². The highest BCUT2D eigenvalue weighted by atomic mass is 79.9. The Morgan fingerprint density at radius 1 is 1.08 bits per heavy atom. The van der Waals surface area contributed by atoms with Crippen molar-refractivity contribution in [3.05, 3.63) is 75.5 Å². The molecule has 0 bridgehead atoms. The topological polar surface area (TPSA) is 12.0 Å². The first-order valence-corrected chi connectivity index (χ1v) is 8.74. The molecule has 3 atom stereocenters. The van der Waals surface area contributed by atoms with Gasteiger partial charge in [0.05, 0.1) is 17.3 Å². The molecule has 0 fully saturated rings. The highest BCUT2D eigenvalue weighted by Gasteiger charge is 2.43. The van der Waals surface area contributed by atoms with Crippen LogP contribution in [0, 0.1) is 11.7 Å². The van der Waals surface area contributed by atoms with E-state index in [4.69, 9.17) is 0 Å². The molecule has 1 N–H and O–H groups in total. The lowest BCUT2D eigenvalue weighted by Crippen LogP contribution is -2.31. The molecule has 1 heterocycles. The molecule has 2 aliphatic rings. The molecular formula is C19H14BrF4N. The summed E-state index contributed by atoms with van der Waals surface area (Å²) in [6, 6.07) is 8.12. The minimum Gasteiger partial charge on any atom is -0.375 e. The van der Waals surface area contributed by atoms with Crippen LogP contribution in [0.15, 0.2) is 53.0 Å². The molecule has 1 aliphatic carbocycles. The lowest BCUT2D eigenvalue weighted by molar-refractivity contribution is -0.138. The zero-order valence-electron chi connectivity index (χ0n) is 12.9. The molecule has 0 spiro atoms. The summed E-state index contributed by atoms with van der Waals surface area (Å²) in [7, 11) is 0. The standard InChI is InChI=1S/C19H14BrF4N/c20-10-8-14-11-5-3-6-12(11)17(25-18(14)16(21)9-10)13-4-1-2-7-15(13)19(22,23)24/h1-5,7-9,11-12,17,25H,6H2. The average Bonchev–Trinajstić information content (AvgIpc) is 3.03. The van der Waals surface area contributed by atoms with Crippen molar-refractivity contribution in [2.24, 2.45) is 5.92 Å². The van der Waals surface area contributed by atoms with E-state index in [9.17, 15) is 17.6 Å². The number of rotatable bonds is 1. The Morgan fingerprint density at radius 2 is 1.84 bits per heavy atom. The maximum atomic E-state index is 14.5. The molecule has 2 aromatic rings. The second-order valence-electron chi connectivity index (χ2n) is 6.41. The third-order valence-electron chi connectivity index (χ3n) is 4.99. The maximum absolute atomic E-state index is 14.5. The van der Waals surface area contributed by atoms with E-state index in [1.807, 2.05) is 18.2 Å². The zero-order chi connectivity index (χ0) is 17.8. The Kier molecular flexibility index (Phi) is 3.90. The van der Waals surface area contributed by atoms with Crippen LogP contribution in [0.25, 0.3) is 0 Å². The van der Waals surface area contributed by atoms with Crippen molar-refractivity contribution in [3.63, 3.8) is 0 Å². The van der Waals surface area contributed by atoms with Gasteiger partial charge in [-0.25, -0.2) is 4.39 Å².